The van der Waals surface area contributed by atoms with Gasteiger partial charge in [-0.2, -0.15) is 13.2 Å². The predicted octanol–water partition coefficient (Wildman–Crippen LogP) is 4.01. The van der Waals surface area contributed by atoms with Gasteiger partial charge < -0.3 is 9.80 Å². The van der Waals surface area contributed by atoms with E-state index in [-0.39, 0.29) is 5.92 Å². The number of alkyl halides is 3. The Morgan fingerprint density at radius 3 is 2.34 bits per heavy atom. The molecule has 1 aliphatic carbocycles. The molecule has 2 heterocycles. The summed E-state index contributed by atoms with van der Waals surface area (Å²) >= 11 is 0. The van der Waals surface area contributed by atoms with Gasteiger partial charge in [0.05, 0.1) is 5.56 Å². The number of carbonyl (C=O) groups is 1. The highest BCUT2D eigenvalue weighted by atomic mass is 19.4. The van der Waals surface area contributed by atoms with Crippen molar-refractivity contribution in [3.63, 3.8) is 0 Å². The van der Waals surface area contributed by atoms with E-state index in [0.717, 1.165) is 57.9 Å². The van der Waals surface area contributed by atoms with Crippen molar-refractivity contribution in [1.82, 2.24) is 9.80 Å². The van der Waals surface area contributed by atoms with Crippen molar-refractivity contribution in [3.05, 3.63) is 29.8 Å². The van der Waals surface area contributed by atoms with Gasteiger partial charge in [-0.15, -0.1) is 0 Å². The molecular formula is C22H30F3N3O. The average Bonchev–Trinajstić information content (AvgIpc) is 3.28. The number of benzene rings is 1. The Morgan fingerprint density at radius 1 is 0.931 bits per heavy atom. The number of piperazine rings is 1. The van der Waals surface area contributed by atoms with E-state index in [4.69, 9.17) is 0 Å². The summed E-state index contributed by atoms with van der Waals surface area (Å²) in [5, 5.41) is 0. The molecule has 2 saturated heterocycles. The fraction of sp³-hybridized carbons (Fsp3) is 0.682. The lowest BCUT2D eigenvalue weighted by Gasteiger charge is -2.44. The number of amides is 1. The molecular weight excluding hydrogens is 379 g/mol. The molecule has 0 unspecified atom stereocenters. The second-order valence-electron chi connectivity index (χ2n) is 8.63. The first kappa shape index (κ1) is 20.5. The zero-order chi connectivity index (χ0) is 20.4. The van der Waals surface area contributed by atoms with Crippen LogP contribution in [0.25, 0.3) is 0 Å². The highest BCUT2D eigenvalue weighted by Gasteiger charge is 2.34. The molecule has 0 aromatic heterocycles. The van der Waals surface area contributed by atoms with E-state index in [2.05, 4.69) is 9.80 Å². The minimum Gasteiger partial charge on any atom is -0.369 e. The predicted molar refractivity (Wildman–Crippen MR) is 107 cm³/mol. The monoisotopic (exact) mass is 409 g/mol. The van der Waals surface area contributed by atoms with Crippen LogP contribution in [0.15, 0.2) is 24.3 Å². The molecule has 0 bridgehead atoms. The van der Waals surface area contributed by atoms with Gasteiger partial charge in [0, 0.05) is 56.9 Å². The number of hydrogen-bond acceptors (Lipinski definition) is 3. The molecule has 0 radical (unpaired) electrons. The lowest BCUT2D eigenvalue weighted by atomic mass is 9.99. The van der Waals surface area contributed by atoms with Crippen molar-refractivity contribution in [2.24, 2.45) is 5.92 Å². The lowest BCUT2D eigenvalue weighted by molar-refractivity contribution is -0.138. The van der Waals surface area contributed by atoms with Gasteiger partial charge in [0.25, 0.3) is 0 Å². The van der Waals surface area contributed by atoms with Crippen molar-refractivity contribution in [2.75, 3.05) is 44.2 Å². The largest absolute Gasteiger partial charge is 0.416 e. The van der Waals surface area contributed by atoms with Crippen molar-refractivity contribution in [1.29, 1.82) is 0 Å². The van der Waals surface area contributed by atoms with E-state index >= 15 is 0 Å². The second-order valence-corrected chi connectivity index (χ2v) is 8.63. The van der Waals surface area contributed by atoms with Crippen LogP contribution in [0.2, 0.25) is 0 Å². The number of hydrogen-bond donors (Lipinski definition) is 0. The van der Waals surface area contributed by atoms with Crippen LogP contribution in [0.5, 0.6) is 0 Å². The maximum Gasteiger partial charge on any atom is 0.416 e. The first-order valence-electron chi connectivity index (χ1n) is 10.9. The van der Waals surface area contributed by atoms with Gasteiger partial charge in [0.15, 0.2) is 0 Å². The summed E-state index contributed by atoms with van der Waals surface area (Å²) in [7, 11) is 0. The van der Waals surface area contributed by atoms with Crippen molar-refractivity contribution in [2.45, 2.75) is 50.7 Å². The summed E-state index contributed by atoms with van der Waals surface area (Å²) in [6.45, 7) is 4.76. The van der Waals surface area contributed by atoms with Crippen LogP contribution in [0.1, 0.15) is 44.1 Å². The van der Waals surface area contributed by atoms with E-state index in [1.54, 1.807) is 6.07 Å². The third-order valence-corrected chi connectivity index (χ3v) is 6.78. The van der Waals surface area contributed by atoms with Crippen LogP contribution in [-0.2, 0) is 11.0 Å². The maximum atomic E-state index is 13.0. The Labute approximate surface area is 170 Å². The molecule has 2 aliphatic heterocycles. The molecule has 7 heteroatoms. The Bertz CT molecular complexity index is 709. The first-order chi connectivity index (χ1) is 13.9. The van der Waals surface area contributed by atoms with Crippen molar-refractivity contribution < 1.29 is 18.0 Å². The topological polar surface area (TPSA) is 26.8 Å². The van der Waals surface area contributed by atoms with Gasteiger partial charge in [0.1, 0.15) is 0 Å². The molecule has 1 aromatic rings. The maximum absolute atomic E-state index is 13.0. The number of likely N-dealkylation sites (tertiary alicyclic amines) is 1. The fourth-order valence-electron chi connectivity index (χ4n) is 5.11. The van der Waals surface area contributed by atoms with Gasteiger partial charge in [0.2, 0.25) is 5.91 Å². The summed E-state index contributed by atoms with van der Waals surface area (Å²) in [6.07, 6.45) is 2.24. The van der Waals surface area contributed by atoms with Gasteiger partial charge in [-0.05, 0) is 43.9 Å². The number of anilines is 1. The van der Waals surface area contributed by atoms with Gasteiger partial charge in [-0.3, -0.25) is 9.69 Å². The smallest absolute Gasteiger partial charge is 0.369 e. The zero-order valence-corrected chi connectivity index (χ0v) is 16.8. The standard InChI is InChI=1S/C22H30F3N3O/c23-22(24,25)18-7-3-8-19(15-18)26-11-13-27(14-12-26)20-9-4-10-28(16-20)21(29)17-5-1-2-6-17/h3,7-8,15,17,20H,1-2,4-6,9-14,16H2/t20-/m0/s1. The van der Waals surface area contributed by atoms with E-state index in [9.17, 15) is 18.0 Å². The molecule has 4 rings (SSSR count). The van der Waals surface area contributed by atoms with Crippen molar-refractivity contribution >= 4 is 11.6 Å². The molecule has 160 valence electrons. The Balaban J connectivity index is 1.33. The van der Waals surface area contributed by atoms with Crippen LogP contribution in [0, 0.1) is 5.92 Å². The molecule has 1 aromatic carbocycles. The zero-order valence-electron chi connectivity index (χ0n) is 16.8. The van der Waals surface area contributed by atoms with Crippen LogP contribution in [0.3, 0.4) is 0 Å². The van der Waals surface area contributed by atoms with E-state index in [0.29, 0.717) is 30.7 Å². The molecule has 3 aliphatic rings. The van der Waals surface area contributed by atoms with Crippen molar-refractivity contribution in [3.8, 4) is 0 Å². The normalized spacial score (nSPS) is 24.9. The SMILES string of the molecule is O=C(C1CCCC1)N1CCC[C@H](N2CCN(c3cccc(C(F)(F)F)c3)CC2)C1. The van der Waals surface area contributed by atoms with Crippen LogP contribution in [0.4, 0.5) is 18.9 Å². The van der Waals surface area contributed by atoms with E-state index in [1.807, 2.05) is 4.90 Å². The van der Waals surface area contributed by atoms with E-state index in [1.165, 1.54) is 25.0 Å². The van der Waals surface area contributed by atoms with Gasteiger partial charge in [-0.25, -0.2) is 0 Å². The quantitative estimate of drug-likeness (QED) is 0.755. The molecule has 3 fully saturated rings. The van der Waals surface area contributed by atoms with E-state index < -0.39 is 11.7 Å². The molecule has 1 saturated carbocycles. The molecule has 1 atom stereocenters. The number of rotatable bonds is 3. The van der Waals surface area contributed by atoms with Gasteiger partial charge in [-0.1, -0.05) is 18.9 Å². The highest BCUT2D eigenvalue weighted by molar-refractivity contribution is 5.79. The number of carbonyl (C=O) groups excluding carboxylic acids is 1. The molecule has 29 heavy (non-hydrogen) atoms. The highest BCUT2D eigenvalue weighted by Crippen LogP contribution is 2.32. The minimum atomic E-state index is -4.31. The molecule has 0 N–H and O–H groups in total. The number of halogens is 3. The minimum absolute atomic E-state index is 0.228. The van der Waals surface area contributed by atoms with Crippen LogP contribution < -0.4 is 4.90 Å². The average molecular weight is 409 g/mol. The fourth-order valence-corrected chi connectivity index (χ4v) is 5.11. The third-order valence-electron chi connectivity index (χ3n) is 6.78. The Kier molecular flexibility index (Phi) is 6.04. The lowest BCUT2D eigenvalue weighted by Crippen LogP contribution is -2.56. The summed E-state index contributed by atoms with van der Waals surface area (Å²) < 4.78 is 39.0. The summed E-state index contributed by atoms with van der Waals surface area (Å²) in [5.41, 5.74) is 0.0481. The Hall–Kier alpha value is -1.76. The first-order valence-corrected chi connectivity index (χ1v) is 10.9. The number of nitrogens with zero attached hydrogens (tertiary/aromatic N) is 3. The summed E-state index contributed by atoms with van der Waals surface area (Å²) in [5.74, 6) is 0.571. The van der Waals surface area contributed by atoms with Crippen LogP contribution in [-0.4, -0.2) is 61.0 Å². The summed E-state index contributed by atoms with van der Waals surface area (Å²) in [6, 6.07) is 5.99. The molecule has 1 amide bonds. The molecule has 4 nitrogen and oxygen atoms in total. The van der Waals surface area contributed by atoms with Crippen LogP contribution >= 0.6 is 0 Å². The number of piperidine rings is 1. The summed E-state index contributed by atoms with van der Waals surface area (Å²) in [4.78, 5) is 19.3. The Morgan fingerprint density at radius 2 is 1.66 bits per heavy atom. The molecule has 0 spiro atoms. The second kappa shape index (κ2) is 8.54. The van der Waals surface area contributed by atoms with Gasteiger partial charge >= 0.3 is 6.18 Å². The third kappa shape index (κ3) is 4.71.